The van der Waals surface area contributed by atoms with Gasteiger partial charge in [0.15, 0.2) is 0 Å². The molecule has 0 heterocycles. The molecule has 0 spiro atoms. The zero-order valence-electron chi connectivity index (χ0n) is 9.06. The minimum atomic E-state index is -4.92. The first-order chi connectivity index (χ1) is 8.24. The fraction of sp³-hybridized carbons (Fsp3) is 0.111. The van der Waals surface area contributed by atoms with E-state index in [2.05, 4.69) is 9.26 Å². The summed E-state index contributed by atoms with van der Waals surface area (Å²) in [6.07, 6.45) is 0. The lowest BCUT2D eigenvalue weighted by atomic mass is 10.1. The van der Waals surface area contributed by atoms with Gasteiger partial charge in [-0.1, -0.05) is 0 Å². The number of ether oxygens (including phenoxy) is 1. The summed E-state index contributed by atoms with van der Waals surface area (Å²) in [7, 11) is -3.85. The number of carbonyl (C=O) groups is 2. The minimum absolute atomic E-state index is 0.286. The highest BCUT2D eigenvalue weighted by atomic mass is 31.2. The fourth-order valence-electron chi connectivity index (χ4n) is 1.14. The van der Waals surface area contributed by atoms with E-state index in [1.54, 1.807) is 0 Å². The number of phosphoric ester groups is 1. The summed E-state index contributed by atoms with van der Waals surface area (Å²) >= 11 is 0. The number of carboxylic acid groups (broad SMARTS) is 1. The Morgan fingerprint density at radius 2 is 1.89 bits per heavy atom. The van der Waals surface area contributed by atoms with Crippen LogP contribution in [0.2, 0.25) is 0 Å². The van der Waals surface area contributed by atoms with Crippen LogP contribution in [0.3, 0.4) is 0 Å². The van der Waals surface area contributed by atoms with Crippen LogP contribution in [0.25, 0.3) is 0 Å². The second-order valence-corrected chi connectivity index (χ2v) is 4.25. The van der Waals surface area contributed by atoms with Crippen molar-refractivity contribution in [2.45, 2.75) is 0 Å². The highest BCUT2D eigenvalue weighted by molar-refractivity contribution is 7.46. The molecule has 1 aromatic rings. The summed E-state index contributed by atoms with van der Waals surface area (Å²) in [5.74, 6) is -2.80. The van der Waals surface area contributed by atoms with Crippen LogP contribution in [0.1, 0.15) is 20.7 Å². The number of carbonyl (C=O) groups excluding carboxylic acids is 1. The zero-order chi connectivity index (χ0) is 13.9. The summed E-state index contributed by atoms with van der Waals surface area (Å²) < 4.78 is 19.3. The predicted molar refractivity (Wildman–Crippen MR) is 57.4 cm³/mol. The van der Waals surface area contributed by atoms with Gasteiger partial charge in [-0.25, -0.2) is 14.2 Å². The van der Waals surface area contributed by atoms with Gasteiger partial charge in [0.05, 0.1) is 12.7 Å². The van der Waals surface area contributed by atoms with Crippen LogP contribution in [-0.2, 0) is 9.30 Å². The van der Waals surface area contributed by atoms with Crippen LogP contribution in [0, 0.1) is 0 Å². The molecule has 3 N–H and O–H groups in total. The van der Waals surface area contributed by atoms with Gasteiger partial charge in [-0.15, -0.1) is 0 Å². The quantitative estimate of drug-likeness (QED) is 0.539. The van der Waals surface area contributed by atoms with Gasteiger partial charge in [-0.05, 0) is 18.2 Å². The van der Waals surface area contributed by atoms with Gasteiger partial charge < -0.3 is 14.4 Å². The molecule has 0 saturated carbocycles. The molecule has 0 aliphatic heterocycles. The first-order valence-electron chi connectivity index (χ1n) is 4.45. The Morgan fingerprint density at radius 3 is 2.33 bits per heavy atom. The number of hydrogen-bond acceptors (Lipinski definition) is 5. The Bertz CT molecular complexity index is 531. The first kappa shape index (κ1) is 14.2. The molecule has 0 saturated heterocycles. The smallest absolute Gasteiger partial charge is 0.478 e. The number of methoxy groups -OCH3 is 1. The molecule has 1 aromatic carbocycles. The molecular weight excluding hydrogens is 267 g/mol. The van der Waals surface area contributed by atoms with Crippen LogP contribution < -0.4 is 4.52 Å². The Morgan fingerprint density at radius 1 is 1.28 bits per heavy atom. The first-order valence-corrected chi connectivity index (χ1v) is 5.98. The molecular formula is C9H9O8P. The molecule has 0 aliphatic rings. The molecule has 0 fully saturated rings. The SMILES string of the molecule is COC(=O)c1ccc(C(=O)O)cc1OP(=O)(O)O. The van der Waals surface area contributed by atoms with Crippen molar-refractivity contribution >= 4 is 19.8 Å². The lowest BCUT2D eigenvalue weighted by molar-refractivity contribution is 0.0596. The number of phosphoric acid groups is 1. The average Bonchev–Trinajstić information content (AvgIpc) is 2.25. The van der Waals surface area contributed by atoms with Crippen molar-refractivity contribution < 1.29 is 38.3 Å². The van der Waals surface area contributed by atoms with E-state index in [0.717, 1.165) is 25.3 Å². The monoisotopic (exact) mass is 276 g/mol. The predicted octanol–water partition coefficient (Wildman–Crippen LogP) is 0.643. The number of carboxylic acids is 1. The minimum Gasteiger partial charge on any atom is -0.478 e. The van der Waals surface area contributed by atoms with Crippen molar-refractivity contribution in [1.29, 1.82) is 0 Å². The molecule has 0 bridgehead atoms. The zero-order valence-corrected chi connectivity index (χ0v) is 9.96. The third-order valence-corrected chi connectivity index (χ3v) is 2.29. The Labute approximate surface area is 101 Å². The number of rotatable bonds is 4. The van der Waals surface area contributed by atoms with Crippen LogP contribution in [0.5, 0.6) is 5.75 Å². The summed E-state index contributed by atoms with van der Waals surface area (Å²) in [6, 6.07) is 2.95. The van der Waals surface area contributed by atoms with Gasteiger partial charge in [0.2, 0.25) is 0 Å². The van der Waals surface area contributed by atoms with E-state index < -0.39 is 25.5 Å². The molecule has 8 nitrogen and oxygen atoms in total. The number of hydrogen-bond donors (Lipinski definition) is 3. The maximum Gasteiger partial charge on any atom is 0.524 e. The third-order valence-electron chi connectivity index (χ3n) is 1.85. The lowest BCUT2D eigenvalue weighted by Gasteiger charge is -2.11. The summed E-state index contributed by atoms with van der Waals surface area (Å²) in [5, 5.41) is 8.73. The molecule has 0 aliphatic carbocycles. The van der Waals surface area contributed by atoms with Gasteiger partial charge in [0.1, 0.15) is 11.3 Å². The average molecular weight is 276 g/mol. The second-order valence-electron chi connectivity index (χ2n) is 3.09. The van der Waals surface area contributed by atoms with Gasteiger partial charge >= 0.3 is 19.8 Å². The van der Waals surface area contributed by atoms with E-state index in [4.69, 9.17) is 14.9 Å². The van der Waals surface area contributed by atoms with Gasteiger partial charge in [0, 0.05) is 0 Å². The van der Waals surface area contributed by atoms with Crippen molar-refractivity contribution in [1.82, 2.24) is 0 Å². The van der Waals surface area contributed by atoms with Crippen LogP contribution in [0.15, 0.2) is 18.2 Å². The van der Waals surface area contributed by atoms with E-state index >= 15 is 0 Å². The van der Waals surface area contributed by atoms with Crippen molar-refractivity contribution in [2.75, 3.05) is 7.11 Å². The molecule has 0 unspecified atom stereocenters. The normalized spacial score (nSPS) is 10.8. The molecule has 18 heavy (non-hydrogen) atoms. The number of esters is 1. The number of aromatic carboxylic acids is 1. The van der Waals surface area contributed by atoms with E-state index in [1.165, 1.54) is 0 Å². The standard InChI is InChI=1S/C9H9O8P/c1-16-9(12)6-3-2-5(8(10)11)4-7(6)17-18(13,14)15/h2-4H,1H3,(H,10,11)(H2,13,14,15). The molecule has 0 radical (unpaired) electrons. The maximum atomic E-state index is 11.3. The molecule has 0 amide bonds. The Balaban J connectivity index is 3.31. The second kappa shape index (κ2) is 5.18. The summed E-state index contributed by atoms with van der Waals surface area (Å²) in [4.78, 5) is 39.3. The van der Waals surface area contributed by atoms with Gasteiger partial charge in [-0.2, -0.15) is 0 Å². The Kier molecular flexibility index (Phi) is 4.07. The van der Waals surface area contributed by atoms with E-state index in [1.807, 2.05) is 0 Å². The number of benzene rings is 1. The van der Waals surface area contributed by atoms with Gasteiger partial charge in [-0.3, -0.25) is 9.79 Å². The topological polar surface area (TPSA) is 130 Å². The molecule has 9 heteroatoms. The molecule has 1 rings (SSSR count). The van der Waals surface area contributed by atoms with Gasteiger partial charge in [0.25, 0.3) is 0 Å². The Hall–Kier alpha value is -1.89. The van der Waals surface area contributed by atoms with Crippen LogP contribution in [0.4, 0.5) is 0 Å². The third kappa shape index (κ3) is 3.56. The van der Waals surface area contributed by atoms with Crippen molar-refractivity contribution in [3.8, 4) is 5.75 Å². The van der Waals surface area contributed by atoms with Crippen LogP contribution in [-0.4, -0.2) is 33.9 Å². The molecule has 0 atom stereocenters. The van der Waals surface area contributed by atoms with E-state index in [0.29, 0.717) is 0 Å². The van der Waals surface area contributed by atoms with Crippen LogP contribution >= 0.6 is 7.82 Å². The van der Waals surface area contributed by atoms with Crippen molar-refractivity contribution in [3.63, 3.8) is 0 Å². The molecule has 0 aromatic heterocycles. The highest BCUT2D eigenvalue weighted by Crippen LogP contribution is 2.39. The summed E-state index contributed by atoms with van der Waals surface area (Å²) in [5.41, 5.74) is -0.572. The lowest BCUT2D eigenvalue weighted by Crippen LogP contribution is -2.07. The maximum absolute atomic E-state index is 11.3. The van der Waals surface area contributed by atoms with Crippen molar-refractivity contribution in [3.05, 3.63) is 29.3 Å². The summed E-state index contributed by atoms with van der Waals surface area (Å²) in [6.45, 7) is 0. The van der Waals surface area contributed by atoms with Crippen molar-refractivity contribution in [2.24, 2.45) is 0 Å². The van der Waals surface area contributed by atoms with E-state index in [-0.39, 0.29) is 11.1 Å². The highest BCUT2D eigenvalue weighted by Gasteiger charge is 2.23. The van der Waals surface area contributed by atoms with E-state index in [9.17, 15) is 14.2 Å². The largest absolute Gasteiger partial charge is 0.524 e. The molecule has 98 valence electrons. The fourth-order valence-corrected chi connectivity index (χ4v) is 1.54.